The van der Waals surface area contributed by atoms with Crippen molar-refractivity contribution in [1.29, 1.82) is 5.26 Å². The maximum atomic E-state index is 14.6. The summed E-state index contributed by atoms with van der Waals surface area (Å²) in [7, 11) is -4.49. The maximum Gasteiger partial charge on any atom is 0.490 e. The van der Waals surface area contributed by atoms with E-state index in [1.807, 2.05) is 6.07 Å². The van der Waals surface area contributed by atoms with Gasteiger partial charge in [0.25, 0.3) is 21.5 Å². The van der Waals surface area contributed by atoms with Gasteiger partial charge in [0.2, 0.25) is 5.91 Å². The topological polar surface area (TPSA) is 161 Å². The Balaban J connectivity index is 0.000000811. The predicted octanol–water partition coefficient (Wildman–Crippen LogP) is 6.44. The second-order valence-corrected chi connectivity index (χ2v) is 15.2. The second kappa shape index (κ2) is 16.5. The molecule has 21 heteroatoms. The molecule has 0 bridgehead atoms. The Morgan fingerprint density at radius 2 is 1.30 bits per heavy atom. The van der Waals surface area contributed by atoms with Crippen LogP contribution in [0.3, 0.4) is 0 Å². The first-order chi connectivity index (χ1) is 26.6. The van der Waals surface area contributed by atoms with Crippen LogP contribution < -0.4 is 9.86 Å². The van der Waals surface area contributed by atoms with Gasteiger partial charge in [0.15, 0.2) is 0 Å². The number of carboxylic acid groups (broad SMARTS) is 1. The number of piperazine rings is 1. The van der Waals surface area contributed by atoms with E-state index in [1.165, 1.54) is 45.9 Å². The Bertz CT molecular complexity index is 2400. The number of anilines is 1. The van der Waals surface area contributed by atoms with E-state index in [0.717, 1.165) is 9.21 Å². The molecule has 300 valence electrons. The third kappa shape index (κ3) is 9.35. The van der Waals surface area contributed by atoms with Gasteiger partial charge < -0.3 is 14.9 Å². The number of aliphatic carboxylic acids is 1. The average molecular weight is 859 g/mol. The number of hydrogen-bond acceptors (Lipinski definition) is 7. The fraction of sp³-hybridized carbons (Fsp3) is 0.250. The summed E-state index contributed by atoms with van der Waals surface area (Å²) in [6.07, 6.45) is -11.4. The number of carbonyl (C=O) groups excluding carboxylic acids is 2. The first-order valence-electron chi connectivity index (χ1n) is 16.4. The molecule has 0 saturated carbocycles. The molecule has 0 spiro atoms. The molecule has 0 radical (unpaired) electrons. The van der Waals surface area contributed by atoms with Crippen LogP contribution in [0, 0.1) is 11.3 Å². The zero-order valence-electron chi connectivity index (χ0n) is 28.8. The fourth-order valence-corrected chi connectivity index (χ4v) is 8.20. The Labute approximate surface area is 329 Å². The lowest BCUT2D eigenvalue weighted by molar-refractivity contribution is -0.192. The summed E-state index contributed by atoms with van der Waals surface area (Å²) in [4.78, 5) is 51.4. The largest absolute Gasteiger partial charge is 0.490 e. The van der Waals surface area contributed by atoms with E-state index in [-0.39, 0.29) is 48.0 Å². The van der Waals surface area contributed by atoms with Crippen molar-refractivity contribution in [3.8, 4) is 6.07 Å². The summed E-state index contributed by atoms with van der Waals surface area (Å²) in [6.45, 7) is -0.555. The Morgan fingerprint density at radius 1 is 0.789 bits per heavy atom. The summed E-state index contributed by atoms with van der Waals surface area (Å²) >= 11 is 12.4. The molecule has 6 rings (SSSR count). The minimum absolute atomic E-state index is 0.0589. The van der Waals surface area contributed by atoms with Gasteiger partial charge in [0.1, 0.15) is 17.8 Å². The van der Waals surface area contributed by atoms with Crippen molar-refractivity contribution < 1.29 is 54.3 Å². The highest BCUT2D eigenvalue weighted by Gasteiger charge is 2.48. The van der Waals surface area contributed by atoms with Crippen LogP contribution >= 0.6 is 23.2 Å². The van der Waals surface area contributed by atoms with Crippen molar-refractivity contribution in [2.45, 2.75) is 35.8 Å². The number of nitriles is 1. The molecule has 0 unspecified atom stereocenters. The number of hydrogen-bond donors (Lipinski definition) is 1. The van der Waals surface area contributed by atoms with Crippen LogP contribution in [0.4, 0.5) is 32.2 Å². The van der Waals surface area contributed by atoms with Gasteiger partial charge in [-0.3, -0.25) is 19.0 Å². The maximum absolute atomic E-state index is 14.6. The number of rotatable bonds is 6. The Kier molecular flexibility index (Phi) is 12.3. The van der Waals surface area contributed by atoms with Gasteiger partial charge in [-0.1, -0.05) is 53.5 Å². The van der Waals surface area contributed by atoms with E-state index in [0.29, 0.717) is 21.2 Å². The Hall–Kier alpha value is -5.58. The Morgan fingerprint density at radius 3 is 1.79 bits per heavy atom. The number of nitrogens with zero attached hydrogens (tertiary/aromatic N) is 5. The van der Waals surface area contributed by atoms with Gasteiger partial charge in [0, 0.05) is 36.2 Å². The first-order valence-corrected chi connectivity index (χ1v) is 18.6. The summed E-state index contributed by atoms with van der Waals surface area (Å²) in [5.41, 5.74) is -0.0671. The van der Waals surface area contributed by atoms with Gasteiger partial charge in [0.05, 0.1) is 28.6 Å². The lowest BCUT2D eigenvalue weighted by atomic mass is 9.94. The van der Waals surface area contributed by atoms with Crippen LogP contribution in [0.5, 0.6) is 0 Å². The molecule has 2 aliphatic heterocycles. The van der Waals surface area contributed by atoms with Gasteiger partial charge >= 0.3 is 18.3 Å². The molecule has 2 atom stereocenters. The molecule has 0 aliphatic carbocycles. The first kappa shape index (κ1) is 42.6. The van der Waals surface area contributed by atoms with E-state index in [2.05, 4.69) is 0 Å². The monoisotopic (exact) mass is 857 g/mol. The quantitative estimate of drug-likeness (QED) is 0.217. The highest BCUT2D eigenvalue weighted by molar-refractivity contribution is 7.92. The molecule has 3 heterocycles. The lowest BCUT2D eigenvalue weighted by Gasteiger charge is -2.35. The van der Waals surface area contributed by atoms with E-state index in [4.69, 9.17) is 33.1 Å². The molecule has 2 amide bonds. The molecular weight excluding hydrogens is 831 g/mol. The van der Waals surface area contributed by atoms with Gasteiger partial charge in [-0.25, -0.2) is 17.5 Å². The smallest absolute Gasteiger partial charge is 0.475 e. The van der Waals surface area contributed by atoms with Crippen molar-refractivity contribution in [3.05, 3.63) is 128 Å². The second-order valence-electron chi connectivity index (χ2n) is 12.5. The van der Waals surface area contributed by atoms with E-state index >= 15 is 0 Å². The third-order valence-electron chi connectivity index (χ3n) is 8.84. The molecule has 1 saturated heterocycles. The molecule has 1 N–H and O–H groups in total. The van der Waals surface area contributed by atoms with E-state index in [9.17, 15) is 54.4 Å². The normalized spacial score (nSPS) is 16.9. The number of sulfonamides is 1. The molecule has 3 aromatic carbocycles. The molecule has 4 aromatic rings. The SMILES string of the molecule is N#Cc1cccc(S(=O)(=O)N2c3ccc(C(=O)N4CCN(C(=O)CC(F)(F)F)CC4)c(=O)n3[C@@H](c3ccc(Cl)cc3)[C@H]2c2ccc(Cl)cc2)c1.O=C(O)C(F)(F)F. The third-order valence-corrected chi connectivity index (χ3v) is 11.1. The molecule has 1 aromatic heterocycles. The highest BCUT2D eigenvalue weighted by atomic mass is 35.5. The van der Waals surface area contributed by atoms with Crippen molar-refractivity contribution in [1.82, 2.24) is 14.4 Å². The molecule has 2 aliphatic rings. The number of pyridine rings is 1. The van der Waals surface area contributed by atoms with Gasteiger partial charge in [-0.15, -0.1) is 0 Å². The average Bonchev–Trinajstić information content (AvgIpc) is 3.51. The van der Waals surface area contributed by atoms with E-state index in [1.54, 1.807) is 48.5 Å². The summed E-state index contributed by atoms with van der Waals surface area (Å²) in [5, 5.41) is 17.4. The van der Waals surface area contributed by atoms with Crippen molar-refractivity contribution in [2.24, 2.45) is 0 Å². The van der Waals surface area contributed by atoms with Crippen molar-refractivity contribution in [3.63, 3.8) is 0 Å². The van der Waals surface area contributed by atoms with Crippen LogP contribution in [0.2, 0.25) is 10.0 Å². The van der Waals surface area contributed by atoms with Crippen molar-refractivity contribution >= 4 is 56.8 Å². The number of carboxylic acids is 1. The minimum Gasteiger partial charge on any atom is -0.475 e. The zero-order valence-corrected chi connectivity index (χ0v) is 31.2. The lowest BCUT2D eigenvalue weighted by Crippen LogP contribution is -2.52. The number of aromatic nitrogens is 1. The highest BCUT2D eigenvalue weighted by Crippen LogP contribution is 2.49. The standard InChI is InChI=1S/C34H26Cl2F3N5O5S.C2HF3O2/c35-24-8-4-22(5-9-24)30-31(23-6-10-25(36)11-7-23)44(50(48,49)26-3-1-2-21(18-26)20-40)28-13-12-27(33(47)43(28)30)32(46)42-16-14-41(15-17-42)29(45)19-34(37,38)39;3-2(4,5)1(6)7/h1-13,18,30-31H,14-17,19H2;(H,6,7)/t30-,31+;/m0./s1. The van der Waals surface area contributed by atoms with Crippen LogP contribution in [0.1, 0.15) is 45.6 Å². The van der Waals surface area contributed by atoms with Crippen molar-refractivity contribution in [2.75, 3.05) is 30.5 Å². The predicted molar refractivity (Wildman–Crippen MR) is 192 cm³/mol. The summed E-state index contributed by atoms with van der Waals surface area (Å²) in [6, 6.07) is 20.7. The number of fused-ring (bicyclic) bond motifs is 1. The number of halogens is 8. The number of benzene rings is 3. The fourth-order valence-electron chi connectivity index (χ4n) is 6.26. The molecule has 57 heavy (non-hydrogen) atoms. The molecular formula is C36H27Cl2F6N5O7S. The van der Waals surface area contributed by atoms with Crippen LogP contribution in [-0.2, 0) is 19.6 Å². The number of carbonyl (C=O) groups is 3. The van der Waals surface area contributed by atoms with Gasteiger partial charge in [-0.2, -0.15) is 31.6 Å². The van der Waals surface area contributed by atoms with E-state index < -0.39 is 64.2 Å². The van der Waals surface area contributed by atoms with Crippen LogP contribution in [0.25, 0.3) is 0 Å². The number of amides is 2. The summed E-state index contributed by atoms with van der Waals surface area (Å²) in [5.74, 6) is -4.65. The van der Waals surface area contributed by atoms with Gasteiger partial charge in [-0.05, 0) is 65.7 Å². The van der Waals surface area contributed by atoms with Crippen LogP contribution in [0.15, 0.2) is 94.6 Å². The number of alkyl halides is 6. The summed E-state index contributed by atoms with van der Waals surface area (Å²) < 4.78 is 102. The molecule has 1 fully saturated rings. The molecule has 12 nitrogen and oxygen atoms in total. The minimum atomic E-state index is -5.08. The zero-order chi connectivity index (χ0) is 42.0. The van der Waals surface area contributed by atoms with Crippen LogP contribution in [-0.4, -0.2) is 84.2 Å².